The SMILES string of the molecule is CC(C)CN(C(=O)NC1(C(=O)O)CCCC(C)C1)C(C)C. The van der Waals surface area contributed by atoms with Crippen LogP contribution in [0.5, 0.6) is 0 Å². The van der Waals surface area contributed by atoms with E-state index in [0.717, 1.165) is 12.8 Å². The van der Waals surface area contributed by atoms with Gasteiger partial charge in [-0.15, -0.1) is 0 Å². The normalized spacial score (nSPS) is 26.0. The van der Waals surface area contributed by atoms with Crippen LogP contribution in [0.1, 0.15) is 60.3 Å². The maximum absolute atomic E-state index is 12.6. The van der Waals surface area contributed by atoms with E-state index in [0.29, 0.717) is 31.2 Å². The summed E-state index contributed by atoms with van der Waals surface area (Å²) in [5.74, 6) is -0.229. The second-order valence-electron chi connectivity index (χ2n) is 7.16. The highest BCUT2D eigenvalue weighted by Gasteiger charge is 2.44. The Morgan fingerprint density at radius 3 is 2.38 bits per heavy atom. The smallest absolute Gasteiger partial charge is 0.329 e. The predicted octanol–water partition coefficient (Wildman–Crippen LogP) is 3.10. The molecule has 0 spiro atoms. The lowest BCUT2D eigenvalue weighted by atomic mass is 9.76. The van der Waals surface area contributed by atoms with Gasteiger partial charge in [-0.3, -0.25) is 0 Å². The highest BCUT2D eigenvalue weighted by atomic mass is 16.4. The number of urea groups is 1. The molecule has 1 rings (SSSR count). The Hall–Kier alpha value is -1.26. The average Bonchev–Trinajstić information content (AvgIpc) is 2.35. The molecule has 1 saturated carbocycles. The summed E-state index contributed by atoms with van der Waals surface area (Å²) in [4.78, 5) is 26.0. The van der Waals surface area contributed by atoms with Gasteiger partial charge in [0.2, 0.25) is 0 Å². The maximum Gasteiger partial charge on any atom is 0.329 e. The van der Waals surface area contributed by atoms with Crippen molar-refractivity contribution >= 4 is 12.0 Å². The molecular formula is C16H30N2O3. The van der Waals surface area contributed by atoms with Gasteiger partial charge in [0, 0.05) is 12.6 Å². The summed E-state index contributed by atoms with van der Waals surface area (Å²) in [6.45, 7) is 10.7. The fourth-order valence-electron chi connectivity index (χ4n) is 3.11. The van der Waals surface area contributed by atoms with Crippen LogP contribution in [0.2, 0.25) is 0 Å². The van der Waals surface area contributed by atoms with Gasteiger partial charge in [0.25, 0.3) is 0 Å². The number of amides is 2. The Morgan fingerprint density at radius 2 is 1.95 bits per heavy atom. The van der Waals surface area contributed by atoms with Crippen LogP contribution in [0, 0.1) is 11.8 Å². The molecule has 0 aromatic carbocycles. The molecule has 5 heteroatoms. The zero-order valence-electron chi connectivity index (χ0n) is 14.0. The molecule has 1 aliphatic rings. The van der Waals surface area contributed by atoms with E-state index in [1.165, 1.54) is 0 Å². The highest BCUT2D eigenvalue weighted by molar-refractivity contribution is 5.86. The predicted molar refractivity (Wildman–Crippen MR) is 83.2 cm³/mol. The Labute approximate surface area is 128 Å². The molecule has 122 valence electrons. The average molecular weight is 298 g/mol. The van der Waals surface area contributed by atoms with Gasteiger partial charge in [-0.25, -0.2) is 9.59 Å². The second kappa shape index (κ2) is 7.14. The van der Waals surface area contributed by atoms with E-state index in [1.807, 2.05) is 13.8 Å². The van der Waals surface area contributed by atoms with Gasteiger partial charge in [0.15, 0.2) is 0 Å². The number of carboxylic acids is 1. The molecule has 0 saturated heterocycles. The summed E-state index contributed by atoms with van der Waals surface area (Å²) in [6.07, 6.45) is 2.91. The summed E-state index contributed by atoms with van der Waals surface area (Å²) in [6, 6.07) is -0.200. The lowest BCUT2D eigenvalue weighted by Gasteiger charge is -2.39. The molecule has 0 radical (unpaired) electrons. The quantitative estimate of drug-likeness (QED) is 0.819. The first-order valence-electron chi connectivity index (χ1n) is 8.00. The van der Waals surface area contributed by atoms with Crippen molar-refractivity contribution in [3.05, 3.63) is 0 Å². The molecule has 0 aromatic rings. The Balaban J connectivity index is 2.87. The zero-order chi connectivity index (χ0) is 16.2. The van der Waals surface area contributed by atoms with E-state index in [4.69, 9.17) is 0 Å². The molecule has 1 fully saturated rings. The Bertz CT molecular complexity index is 382. The summed E-state index contributed by atoms with van der Waals surface area (Å²) in [7, 11) is 0. The number of carbonyl (C=O) groups excluding carboxylic acids is 1. The van der Waals surface area contributed by atoms with Gasteiger partial charge in [-0.2, -0.15) is 0 Å². The topological polar surface area (TPSA) is 69.6 Å². The minimum atomic E-state index is -1.10. The van der Waals surface area contributed by atoms with Crippen molar-refractivity contribution in [3.8, 4) is 0 Å². The van der Waals surface area contributed by atoms with Crippen LogP contribution in [0.15, 0.2) is 0 Å². The number of carboxylic acid groups (broad SMARTS) is 1. The third-order valence-electron chi connectivity index (χ3n) is 4.20. The number of hydrogen-bond donors (Lipinski definition) is 2. The molecule has 2 atom stereocenters. The van der Waals surface area contributed by atoms with E-state index in [-0.39, 0.29) is 12.1 Å². The van der Waals surface area contributed by atoms with Gasteiger partial charge < -0.3 is 15.3 Å². The number of nitrogens with one attached hydrogen (secondary N) is 1. The lowest BCUT2D eigenvalue weighted by Crippen LogP contribution is -2.60. The summed E-state index contributed by atoms with van der Waals surface area (Å²) < 4.78 is 0. The van der Waals surface area contributed by atoms with Crippen molar-refractivity contribution in [2.75, 3.05) is 6.54 Å². The van der Waals surface area contributed by atoms with Gasteiger partial charge >= 0.3 is 12.0 Å². The molecule has 0 bridgehead atoms. The van der Waals surface area contributed by atoms with Gasteiger partial charge in [0.1, 0.15) is 5.54 Å². The third-order valence-corrected chi connectivity index (χ3v) is 4.20. The van der Waals surface area contributed by atoms with E-state index in [1.54, 1.807) is 4.90 Å². The molecule has 2 amide bonds. The van der Waals surface area contributed by atoms with Crippen LogP contribution in [-0.2, 0) is 4.79 Å². The van der Waals surface area contributed by atoms with Crippen molar-refractivity contribution in [2.45, 2.75) is 71.9 Å². The fraction of sp³-hybridized carbons (Fsp3) is 0.875. The molecule has 0 heterocycles. The molecule has 2 N–H and O–H groups in total. The van der Waals surface area contributed by atoms with Crippen LogP contribution in [-0.4, -0.2) is 40.1 Å². The third kappa shape index (κ3) is 4.61. The number of nitrogens with zero attached hydrogens (tertiary/aromatic N) is 1. The van der Waals surface area contributed by atoms with E-state index >= 15 is 0 Å². The van der Waals surface area contributed by atoms with Gasteiger partial charge in [-0.1, -0.05) is 33.6 Å². The van der Waals surface area contributed by atoms with Crippen molar-refractivity contribution in [1.82, 2.24) is 10.2 Å². The molecule has 1 aliphatic carbocycles. The highest BCUT2D eigenvalue weighted by Crippen LogP contribution is 2.32. The van der Waals surface area contributed by atoms with Gasteiger partial charge in [-0.05, 0) is 38.5 Å². The van der Waals surface area contributed by atoms with Gasteiger partial charge in [0.05, 0.1) is 0 Å². The van der Waals surface area contributed by atoms with E-state index < -0.39 is 11.5 Å². The number of hydrogen-bond acceptors (Lipinski definition) is 2. The van der Waals surface area contributed by atoms with E-state index in [9.17, 15) is 14.7 Å². The standard InChI is InChI=1S/C16H30N2O3/c1-11(2)10-18(12(3)4)15(21)17-16(14(19)20)8-6-7-13(5)9-16/h11-13H,6-10H2,1-5H3,(H,17,21)(H,19,20). The van der Waals surface area contributed by atoms with Crippen molar-refractivity contribution in [2.24, 2.45) is 11.8 Å². The Morgan fingerprint density at radius 1 is 1.33 bits per heavy atom. The van der Waals surface area contributed by atoms with Crippen molar-refractivity contribution < 1.29 is 14.7 Å². The number of aliphatic carboxylic acids is 1. The second-order valence-corrected chi connectivity index (χ2v) is 7.16. The van der Waals surface area contributed by atoms with Crippen molar-refractivity contribution in [1.29, 1.82) is 0 Å². The largest absolute Gasteiger partial charge is 0.480 e. The molecule has 2 unspecified atom stereocenters. The summed E-state index contributed by atoms with van der Waals surface area (Å²) >= 11 is 0. The first kappa shape index (κ1) is 17.8. The minimum Gasteiger partial charge on any atom is -0.480 e. The summed E-state index contributed by atoms with van der Waals surface area (Å²) in [5, 5.41) is 12.5. The number of carbonyl (C=O) groups is 2. The molecule has 5 nitrogen and oxygen atoms in total. The summed E-state index contributed by atoms with van der Waals surface area (Å²) in [5.41, 5.74) is -1.10. The van der Waals surface area contributed by atoms with Crippen molar-refractivity contribution in [3.63, 3.8) is 0 Å². The van der Waals surface area contributed by atoms with Crippen LogP contribution < -0.4 is 5.32 Å². The Kier molecular flexibility index (Phi) is 6.05. The monoisotopic (exact) mass is 298 g/mol. The molecular weight excluding hydrogens is 268 g/mol. The first-order valence-corrected chi connectivity index (χ1v) is 8.00. The molecule has 0 aliphatic heterocycles. The molecule has 21 heavy (non-hydrogen) atoms. The fourth-order valence-corrected chi connectivity index (χ4v) is 3.11. The number of rotatable bonds is 5. The maximum atomic E-state index is 12.6. The van der Waals surface area contributed by atoms with Crippen LogP contribution >= 0.6 is 0 Å². The minimum absolute atomic E-state index is 0.0549. The van der Waals surface area contributed by atoms with E-state index in [2.05, 4.69) is 26.1 Å². The van der Waals surface area contributed by atoms with Crippen LogP contribution in [0.3, 0.4) is 0 Å². The first-order chi connectivity index (χ1) is 9.68. The lowest BCUT2D eigenvalue weighted by molar-refractivity contribution is -0.146. The molecule has 0 aromatic heterocycles. The van der Waals surface area contributed by atoms with Crippen LogP contribution in [0.25, 0.3) is 0 Å². The zero-order valence-corrected chi connectivity index (χ0v) is 14.0. The van der Waals surface area contributed by atoms with Crippen LogP contribution in [0.4, 0.5) is 4.79 Å².